The predicted molar refractivity (Wildman–Crippen MR) is 387 cm³/mol. The molecule has 0 aromatic rings. The van der Waals surface area contributed by atoms with Crippen LogP contribution in [0.3, 0.4) is 0 Å². The number of phosphoric acid groups is 1. The summed E-state index contributed by atoms with van der Waals surface area (Å²) in [4.78, 5) is 38.1. The lowest BCUT2D eigenvalue weighted by Crippen LogP contribution is -2.37. The van der Waals surface area contributed by atoms with Gasteiger partial charge >= 0.3 is 11.9 Å². The number of nitrogens with zero attached hydrogens (tertiary/aromatic N) is 1. The van der Waals surface area contributed by atoms with Gasteiger partial charge in [-0.1, -0.05) is 285 Å². The molecule has 0 amide bonds. The number of quaternary nitrogens is 1. The van der Waals surface area contributed by atoms with Crippen LogP contribution < -0.4 is 4.89 Å². The molecule has 0 aliphatic rings. The van der Waals surface area contributed by atoms with Crippen LogP contribution in [-0.4, -0.2) is 70.0 Å². The van der Waals surface area contributed by atoms with Crippen molar-refractivity contribution >= 4 is 19.8 Å². The number of unbranched alkanes of at least 4 members (excludes halogenated alkanes) is 16. The highest BCUT2D eigenvalue weighted by molar-refractivity contribution is 7.45. The van der Waals surface area contributed by atoms with Gasteiger partial charge in [0, 0.05) is 12.8 Å². The number of hydrogen-bond donors (Lipinski definition) is 0. The standard InChI is InChI=1S/C80H128NO8P/c1-6-8-10-12-14-16-18-20-22-24-26-28-30-32-34-36-38-40-42-44-46-48-50-52-54-56-58-60-62-64-66-68-70-72-79(82)86-76-78(77-88-90(84,85)87-75-74-81(3,4)5)89-80(83)73-71-69-67-65-63-61-59-57-55-53-51-49-47-45-43-41-39-37-35-33-31-29-27-25-23-21-19-17-15-13-11-9-7-2/h8-11,14-17,20-23,26-29,32-35,38-41,44-47,51,53,57,59,78H,6-7,12-13,18-19,24-25,30-31,36-37,42-43,48-50,52,54-56,58,60-77H2,1-5H3/b10-8-,11-9-,16-14-,17-15-,22-20-,23-21-,28-26-,29-27-,34-32-,35-33-,40-38-,41-39-,46-44-,47-45-,53-51-,59-57-. The Morgan fingerprint density at radius 2 is 0.600 bits per heavy atom. The van der Waals surface area contributed by atoms with Crippen LogP contribution in [0.2, 0.25) is 0 Å². The van der Waals surface area contributed by atoms with Crippen LogP contribution in [0.25, 0.3) is 0 Å². The summed E-state index contributed by atoms with van der Waals surface area (Å²) in [5.74, 6) is -0.872. The number of likely N-dealkylation sites (N-methyl/N-ethyl adjacent to an activating group) is 1. The molecule has 2 atom stereocenters. The molecule has 506 valence electrons. The van der Waals surface area contributed by atoms with Crippen LogP contribution in [0.1, 0.15) is 245 Å². The van der Waals surface area contributed by atoms with E-state index in [2.05, 4.69) is 208 Å². The normalized spacial score (nSPS) is 14.3. The Labute approximate surface area is 552 Å². The lowest BCUT2D eigenvalue weighted by molar-refractivity contribution is -0.870. The first-order chi connectivity index (χ1) is 44.0. The van der Waals surface area contributed by atoms with Crippen molar-refractivity contribution in [3.63, 3.8) is 0 Å². The first-order valence-electron chi connectivity index (χ1n) is 35.1. The van der Waals surface area contributed by atoms with Crippen molar-refractivity contribution < 1.29 is 42.1 Å². The van der Waals surface area contributed by atoms with Crippen LogP contribution in [0.15, 0.2) is 194 Å². The Morgan fingerprint density at radius 3 is 0.889 bits per heavy atom. The summed E-state index contributed by atoms with van der Waals surface area (Å²) in [5.41, 5.74) is 0. The number of rotatable bonds is 62. The molecule has 2 unspecified atom stereocenters. The monoisotopic (exact) mass is 1260 g/mol. The van der Waals surface area contributed by atoms with Crippen molar-refractivity contribution in [2.24, 2.45) is 0 Å². The number of phosphoric ester groups is 1. The molecule has 90 heavy (non-hydrogen) atoms. The molecule has 0 aromatic carbocycles. The minimum Gasteiger partial charge on any atom is -0.756 e. The highest BCUT2D eigenvalue weighted by Gasteiger charge is 2.22. The molecule has 0 radical (unpaired) electrons. The molecular formula is C80H128NO8P. The van der Waals surface area contributed by atoms with Crippen LogP contribution in [0.4, 0.5) is 0 Å². The third-order valence-corrected chi connectivity index (χ3v) is 15.1. The Kier molecular flexibility index (Phi) is 64.3. The third kappa shape index (κ3) is 71.9. The minimum absolute atomic E-state index is 0.0462. The van der Waals surface area contributed by atoms with Crippen LogP contribution in [-0.2, 0) is 32.7 Å². The van der Waals surface area contributed by atoms with E-state index >= 15 is 0 Å². The van der Waals surface area contributed by atoms with Gasteiger partial charge in [-0.15, -0.1) is 0 Å². The number of ether oxygens (including phenoxy) is 2. The second-order valence-electron chi connectivity index (χ2n) is 23.8. The van der Waals surface area contributed by atoms with E-state index in [9.17, 15) is 19.0 Å². The van der Waals surface area contributed by atoms with Gasteiger partial charge in [0.1, 0.15) is 19.8 Å². The first-order valence-corrected chi connectivity index (χ1v) is 36.6. The van der Waals surface area contributed by atoms with E-state index in [0.29, 0.717) is 23.9 Å². The summed E-state index contributed by atoms with van der Waals surface area (Å²) < 4.78 is 34.3. The Bertz CT molecular complexity index is 2220. The van der Waals surface area contributed by atoms with E-state index in [0.717, 1.165) is 161 Å². The zero-order chi connectivity index (χ0) is 65.5. The van der Waals surface area contributed by atoms with Gasteiger partial charge < -0.3 is 27.9 Å². The largest absolute Gasteiger partial charge is 0.756 e. The molecule has 0 bridgehead atoms. The molecule has 0 rings (SSSR count). The average Bonchev–Trinajstić information content (AvgIpc) is 3.58. The quantitative estimate of drug-likeness (QED) is 0.0195. The summed E-state index contributed by atoms with van der Waals surface area (Å²) >= 11 is 0. The fraction of sp³-hybridized carbons (Fsp3) is 0.575. The van der Waals surface area contributed by atoms with Gasteiger partial charge in [0.2, 0.25) is 0 Å². The number of esters is 2. The predicted octanol–water partition coefficient (Wildman–Crippen LogP) is 22.6. The Hall–Kier alpha value is -5.15. The maximum absolute atomic E-state index is 12.9. The van der Waals surface area contributed by atoms with Gasteiger partial charge in [0.05, 0.1) is 27.7 Å². The smallest absolute Gasteiger partial charge is 0.306 e. The molecule has 10 heteroatoms. The second kappa shape index (κ2) is 68.2. The molecule has 0 aliphatic heterocycles. The maximum atomic E-state index is 12.9. The van der Waals surface area contributed by atoms with Gasteiger partial charge in [-0.05, 0) is 141 Å². The SMILES string of the molecule is CC/C=C\C/C=C\C/C=C\C/C=C\C/C=C\C/C=C\C/C=C\C/C=C\C/C=C\CCCCCCCC(=O)OC(COC(=O)CCCCCCCCCCCCC/C=C\C/C=C\C/C=C\C/C=C\C/C=C\C/C=C\C/C=C\CC)COP(=O)([O-])OCC[N+](C)(C)C. The zero-order valence-corrected chi connectivity index (χ0v) is 58.4. The van der Waals surface area contributed by atoms with Crippen molar-refractivity contribution in [2.75, 3.05) is 47.5 Å². The number of carbonyl (C=O) groups excluding carboxylic acids is 2. The number of carbonyl (C=O) groups is 2. The van der Waals surface area contributed by atoms with Crippen LogP contribution >= 0.6 is 7.82 Å². The van der Waals surface area contributed by atoms with Gasteiger partial charge in [-0.2, -0.15) is 0 Å². The molecule has 0 N–H and O–H groups in total. The lowest BCUT2D eigenvalue weighted by atomic mass is 10.0. The molecule has 0 saturated heterocycles. The molecule has 0 heterocycles. The van der Waals surface area contributed by atoms with Gasteiger partial charge in [0.25, 0.3) is 7.82 Å². The Balaban J connectivity index is 4.19. The number of hydrogen-bond acceptors (Lipinski definition) is 8. The van der Waals surface area contributed by atoms with Crippen molar-refractivity contribution in [3.8, 4) is 0 Å². The molecule has 0 aliphatic carbocycles. The van der Waals surface area contributed by atoms with E-state index in [1.54, 1.807) is 0 Å². The number of allylic oxidation sites excluding steroid dienone is 32. The molecular weight excluding hydrogens is 1130 g/mol. The molecule has 9 nitrogen and oxygen atoms in total. The van der Waals surface area contributed by atoms with Gasteiger partial charge in [-0.25, -0.2) is 0 Å². The van der Waals surface area contributed by atoms with Gasteiger partial charge in [-0.3, -0.25) is 14.2 Å². The first kappa shape index (κ1) is 84.8. The van der Waals surface area contributed by atoms with Crippen molar-refractivity contribution in [2.45, 2.75) is 251 Å². The van der Waals surface area contributed by atoms with E-state index in [-0.39, 0.29) is 26.1 Å². The minimum atomic E-state index is -4.66. The maximum Gasteiger partial charge on any atom is 0.306 e. The summed E-state index contributed by atoms with van der Waals surface area (Å²) in [7, 11) is 1.12. The zero-order valence-electron chi connectivity index (χ0n) is 57.5. The van der Waals surface area contributed by atoms with Crippen LogP contribution in [0.5, 0.6) is 0 Å². The fourth-order valence-corrected chi connectivity index (χ4v) is 9.53. The van der Waals surface area contributed by atoms with E-state index in [1.807, 2.05) is 21.1 Å². The summed E-state index contributed by atoms with van der Waals surface area (Å²) in [6.45, 7) is 3.96. The highest BCUT2D eigenvalue weighted by atomic mass is 31.2. The highest BCUT2D eigenvalue weighted by Crippen LogP contribution is 2.38. The summed E-state index contributed by atoms with van der Waals surface area (Å²) in [5, 5.41) is 0. The molecule has 0 fully saturated rings. The Morgan fingerprint density at radius 1 is 0.344 bits per heavy atom. The van der Waals surface area contributed by atoms with Crippen molar-refractivity contribution in [1.82, 2.24) is 0 Å². The summed E-state index contributed by atoms with van der Waals surface area (Å²) in [6.07, 6.45) is 106. The van der Waals surface area contributed by atoms with E-state index < -0.39 is 32.5 Å². The average molecular weight is 1260 g/mol. The summed E-state index contributed by atoms with van der Waals surface area (Å²) in [6, 6.07) is 0. The molecule has 0 spiro atoms. The molecule has 0 saturated carbocycles. The molecule has 0 aromatic heterocycles. The van der Waals surface area contributed by atoms with Crippen molar-refractivity contribution in [1.29, 1.82) is 0 Å². The fourth-order valence-electron chi connectivity index (χ4n) is 8.80. The third-order valence-electron chi connectivity index (χ3n) is 14.1. The van der Waals surface area contributed by atoms with Crippen molar-refractivity contribution in [3.05, 3.63) is 194 Å². The lowest BCUT2D eigenvalue weighted by Gasteiger charge is -2.28. The van der Waals surface area contributed by atoms with Gasteiger partial charge in [0.15, 0.2) is 6.10 Å². The topological polar surface area (TPSA) is 111 Å². The second-order valence-corrected chi connectivity index (χ2v) is 25.2. The van der Waals surface area contributed by atoms with E-state index in [1.165, 1.54) is 44.9 Å². The van der Waals surface area contributed by atoms with E-state index in [4.69, 9.17) is 18.5 Å². The van der Waals surface area contributed by atoms with Crippen LogP contribution in [0, 0.1) is 0 Å².